The van der Waals surface area contributed by atoms with Gasteiger partial charge in [-0.1, -0.05) is 44.3 Å². The first-order valence-corrected chi connectivity index (χ1v) is 5.06. The SMILES string of the molecule is BC1CCCCCCCC1N. The van der Waals surface area contributed by atoms with Crippen molar-refractivity contribution in [2.75, 3.05) is 0 Å². The van der Waals surface area contributed by atoms with Crippen LogP contribution in [0.15, 0.2) is 0 Å². The Balaban J connectivity index is 2.29. The van der Waals surface area contributed by atoms with E-state index >= 15 is 0 Å². The summed E-state index contributed by atoms with van der Waals surface area (Å²) in [7, 11) is 2.30. The molecule has 0 spiro atoms. The molecule has 11 heavy (non-hydrogen) atoms. The number of nitrogens with two attached hydrogens (primary N) is 1. The second kappa shape index (κ2) is 4.81. The zero-order valence-corrected chi connectivity index (χ0v) is 7.68. The molecular formula is C9H20BN. The van der Waals surface area contributed by atoms with E-state index in [1.807, 2.05) is 0 Å². The molecular weight excluding hydrogens is 133 g/mol. The van der Waals surface area contributed by atoms with Crippen LogP contribution in [0, 0.1) is 0 Å². The molecule has 1 rings (SSSR count). The molecule has 0 amide bonds. The lowest BCUT2D eigenvalue weighted by atomic mass is 9.76. The predicted molar refractivity (Wildman–Crippen MR) is 52.6 cm³/mol. The van der Waals surface area contributed by atoms with Crippen LogP contribution in [0.4, 0.5) is 0 Å². The van der Waals surface area contributed by atoms with E-state index in [1.165, 1.54) is 44.9 Å². The first kappa shape index (κ1) is 9.12. The van der Waals surface area contributed by atoms with E-state index in [0.717, 1.165) is 5.82 Å². The van der Waals surface area contributed by atoms with Gasteiger partial charge in [-0.25, -0.2) is 0 Å². The van der Waals surface area contributed by atoms with Crippen LogP contribution in [0.3, 0.4) is 0 Å². The summed E-state index contributed by atoms with van der Waals surface area (Å²) in [6.45, 7) is 0. The van der Waals surface area contributed by atoms with E-state index in [2.05, 4.69) is 7.85 Å². The quantitative estimate of drug-likeness (QED) is 0.524. The second-order valence-electron chi connectivity index (χ2n) is 3.99. The predicted octanol–water partition coefficient (Wildman–Crippen LogP) is 1.48. The lowest BCUT2D eigenvalue weighted by Gasteiger charge is -2.17. The molecule has 0 aromatic rings. The Morgan fingerprint density at radius 3 is 2.18 bits per heavy atom. The normalized spacial score (nSPS) is 35.4. The molecule has 1 nitrogen and oxygen atoms in total. The third kappa shape index (κ3) is 3.28. The third-order valence-electron chi connectivity index (χ3n) is 2.93. The first-order chi connectivity index (χ1) is 5.30. The highest BCUT2D eigenvalue weighted by Gasteiger charge is 2.13. The molecule has 0 radical (unpaired) electrons. The maximum absolute atomic E-state index is 6.02. The molecule has 0 saturated heterocycles. The molecule has 2 atom stereocenters. The average molecular weight is 153 g/mol. The molecule has 64 valence electrons. The van der Waals surface area contributed by atoms with Gasteiger partial charge in [-0.2, -0.15) is 0 Å². The van der Waals surface area contributed by atoms with Crippen LogP contribution in [-0.4, -0.2) is 13.9 Å². The van der Waals surface area contributed by atoms with Crippen molar-refractivity contribution >= 4 is 7.85 Å². The standard InChI is InChI=1S/C9H20BN/c10-8-6-4-2-1-3-5-7-9(8)11/h8-9H,1-7,10-11H2. The molecule has 2 heteroatoms. The van der Waals surface area contributed by atoms with E-state index in [0.29, 0.717) is 6.04 Å². The second-order valence-corrected chi connectivity index (χ2v) is 3.99. The van der Waals surface area contributed by atoms with Gasteiger partial charge in [0.2, 0.25) is 0 Å². The Morgan fingerprint density at radius 2 is 1.45 bits per heavy atom. The lowest BCUT2D eigenvalue weighted by molar-refractivity contribution is 0.533. The Morgan fingerprint density at radius 1 is 0.909 bits per heavy atom. The van der Waals surface area contributed by atoms with Gasteiger partial charge >= 0.3 is 0 Å². The van der Waals surface area contributed by atoms with Crippen molar-refractivity contribution < 1.29 is 0 Å². The summed E-state index contributed by atoms with van der Waals surface area (Å²) in [6.07, 6.45) is 9.61. The minimum atomic E-state index is 0.480. The van der Waals surface area contributed by atoms with Crippen molar-refractivity contribution in [3.8, 4) is 0 Å². The fourth-order valence-corrected chi connectivity index (χ4v) is 1.88. The van der Waals surface area contributed by atoms with Gasteiger partial charge in [0, 0.05) is 0 Å². The molecule has 1 aliphatic carbocycles. The van der Waals surface area contributed by atoms with Gasteiger partial charge in [0.25, 0.3) is 0 Å². The van der Waals surface area contributed by atoms with Crippen molar-refractivity contribution in [2.24, 2.45) is 5.73 Å². The minimum absolute atomic E-state index is 0.480. The molecule has 2 N–H and O–H groups in total. The van der Waals surface area contributed by atoms with E-state index in [4.69, 9.17) is 5.73 Å². The van der Waals surface area contributed by atoms with Crippen LogP contribution in [0.2, 0.25) is 5.82 Å². The molecule has 1 saturated carbocycles. The van der Waals surface area contributed by atoms with E-state index in [-0.39, 0.29) is 0 Å². The summed E-state index contributed by atoms with van der Waals surface area (Å²) in [5, 5.41) is 0. The summed E-state index contributed by atoms with van der Waals surface area (Å²) in [5.74, 6) is 0.757. The van der Waals surface area contributed by atoms with Gasteiger partial charge in [-0.3, -0.25) is 0 Å². The summed E-state index contributed by atoms with van der Waals surface area (Å²) < 4.78 is 0. The fraction of sp³-hybridized carbons (Fsp3) is 1.00. The smallest absolute Gasteiger partial charge is 0.107 e. The largest absolute Gasteiger partial charge is 0.328 e. The molecule has 0 bridgehead atoms. The Kier molecular flexibility index (Phi) is 3.99. The first-order valence-electron chi connectivity index (χ1n) is 5.06. The van der Waals surface area contributed by atoms with Crippen LogP contribution in [0.1, 0.15) is 44.9 Å². The molecule has 0 aromatic heterocycles. The van der Waals surface area contributed by atoms with E-state index < -0.39 is 0 Å². The van der Waals surface area contributed by atoms with E-state index in [9.17, 15) is 0 Å². The molecule has 1 aliphatic rings. The number of rotatable bonds is 0. The van der Waals surface area contributed by atoms with Crippen LogP contribution < -0.4 is 5.73 Å². The highest BCUT2D eigenvalue weighted by Crippen LogP contribution is 2.22. The molecule has 0 aromatic carbocycles. The topological polar surface area (TPSA) is 26.0 Å². The fourth-order valence-electron chi connectivity index (χ4n) is 1.88. The van der Waals surface area contributed by atoms with Crippen LogP contribution in [0.5, 0.6) is 0 Å². The zero-order chi connectivity index (χ0) is 8.10. The van der Waals surface area contributed by atoms with Gasteiger partial charge in [0.05, 0.1) is 0 Å². The third-order valence-corrected chi connectivity index (χ3v) is 2.93. The summed E-state index contributed by atoms with van der Waals surface area (Å²) in [4.78, 5) is 0. The van der Waals surface area contributed by atoms with Crippen molar-refractivity contribution in [3.05, 3.63) is 0 Å². The van der Waals surface area contributed by atoms with Crippen molar-refractivity contribution in [3.63, 3.8) is 0 Å². The van der Waals surface area contributed by atoms with E-state index in [1.54, 1.807) is 0 Å². The van der Waals surface area contributed by atoms with Crippen molar-refractivity contribution in [1.29, 1.82) is 0 Å². The summed E-state index contributed by atoms with van der Waals surface area (Å²) in [5.41, 5.74) is 6.02. The van der Waals surface area contributed by atoms with Gasteiger partial charge in [0.1, 0.15) is 7.85 Å². The Hall–Kier alpha value is 0.0249. The molecule has 2 unspecified atom stereocenters. The monoisotopic (exact) mass is 153 g/mol. The maximum atomic E-state index is 6.02. The number of hydrogen-bond acceptors (Lipinski definition) is 1. The molecule has 1 fully saturated rings. The zero-order valence-electron chi connectivity index (χ0n) is 7.68. The lowest BCUT2D eigenvalue weighted by Crippen LogP contribution is -2.25. The molecule has 0 heterocycles. The van der Waals surface area contributed by atoms with Crippen molar-refractivity contribution in [2.45, 2.75) is 56.8 Å². The minimum Gasteiger partial charge on any atom is -0.328 e. The van der Waals surface area contributed by atoms with Crippen LogP contribution in [0.25, 0.3) is 0 Å². The maximum Gasteiger partial charge on any atom is 0.107 e. The van der Waals surface area contributed by atoms with Gasteiger partial charge in [0.15, 0.2) is 0 Å². The van der Waals surface area contributed by atoms with Gasteiger partial charge in [-0.05, 0) is 12.5 Å². The highest BCUT2D eigenvalue weighted by atomic mass is 14.6. The Bertz CT molecular complexity index is 93.7. The highest BCUT2D eigenvalue weighted by molar-refractivity contribution is 6.12. The summed E-state index contributed by atoms with van der Waals surface area (Å²) in [6, 6.07) is 0.480. The molecule has 0 aliphatic heterocycles. The average Bonchev–Trinajstić information content (AvgIpc) is 2.07. The van der Waals surface area contributed by atoms with Crippen LogP contribution >= 0.6 is 0 Å². The number of hydrogen-bond donors (Lipinski definition) is 1. The summed E-state index contributed by atoms with van der Waals surface area (Å²) >= 11 is 0. The Labute approximate surface area is 71.1 Å². The van der Waals surface area contributed by atoms with Gasteiger partial charge < -0.3 is 5.73 Å². The van der Waals surface area contributed by atoms with Crippen LogP contribution in [-0.2, 0) is 0 Å². The van der Waals surface area contributed by atoms with Gasteiger partial charge in [-0.15, -0.1) is 0 Å². The van der Waals surface area contributed by atoms with Crippen molar-refractivity contribution in [1.82, 2.24) is 0 Å².